The Morgan fingerprint density at radius 3 is 2.15 bits per heavy atom. The van der Waals surface area contributed by atoms with E-state index in [1.807, 2.05) is 0 Å². The number of hydrogen-bond donors (Lipinski definition) is 0. The zero-order valence-corrected chi connectivity index (χ0v) is 14.0. The summed E-state index contributed by atoms with van der Waals surface area (Å²) in [6.07, 6.45) is 1.13. The Labute approximate surface area is 128 Å². The van der Waals surface area contributed by atoms with Crippen molar-refractivity contribution >= 4 is 43.0 Å². The van der Waals surface area contributed by atoms with Crippen LogP contribution in [-0.4, -0.2) is 57.9 Å². The summed E-state index contributed by atoms with van der Waals surface area (Å²) >= 11 is 6.81. The van der Waals surface area contributed by atoms with Gasteiger partial charge in [0.2, 0.25) is 10.0 Å². The SMILES string of the molecule is CS(=O)(=O)N1CCN(S(=O)(=O)c2cc(CCl)cs2)CC1. The fourth-order valence-electron chi connectivity index (χ4n) is 1.93. The fourth-order valence-corrected chi connectivity index (χ4v) is 5.78. The van der Waals surface area contributed by atoms with Crippen LogP contribution in [0.5, 0.6) is 0 Å². The molecule has 0 aliphatic carbocycles. The number of hydrogen-bond acceptors (Lipinski definition) is 5. The molecule has 0 N–H and O–H groups in total. The van der Waals surface area contributed by atoms with Gasteiger partial charge in [-0.2, -0.15) is 8.61 Å². The van der Waals surface area contributed by atoms with Crippen LogP contribution < -0.4 is 0 Å². The van der Waals surface area contributed by atoms with Crippen molar-refractivity contribution in [1.29, 1.82) is 0 Å². The molecule has 10 heteroatoms. The topological polar surface area (TPSA) is 74.8 Å². The summed E-state index contributed by atoms with van der Waals surface area (Å²) in [6, 6.07) is 1.57. The molecule has 20 heavy (non-hydrogen) atoms. The van der Waals surface area contributed by atoms with Crippen LogP contribution in [-0.2, 0) is 25.9 Å². The van der Waals surface area contributed by atoms with Crippen LogP contribution in [0.1, 0.15) is 5.56 Å². The van der Waals surface area contributed by atoms with Gasteiger partial charge < -0.3 is 0 Å². The molecule has 0 bridgehead atoms. The Balaban J connectivity index is 2.13. The maximum absolute atomic E-state index is 12.4. The van der Waals surface area contributed by atoms with Crippen LogP contribution >= 0.6 is 22.9 Å². The van der Waals surface area contributed by atoms with Crippen molar-refractivity contribution in [1.82, 2.24) is 8.61 Å². The maximum Gasteiger partial charge on any atom is 0.252 e. The molecule has 1 fully saturated rings. The zero-order chi connectivity index (χ0) is 15.0. The van der Waals surface area contributed by atoms with E-state index in [1.165, 1.54) is 8.61 Å². The van der Waals surface area contributed by atoms with Crippen LogP contribution in [0.2, 0.25) is 0 Å². The van der Waals surface area contributed by atoms with Crippen LogP contribution in [0.25, 0.3) is 0 Å². The molecule has 1 aliphatic rings. The van der Waals surface area contributed by atoms with Gasteiger partial charge in [0.05, 0.1) is 6.26 Å². The smallest absolute Gasteiger partial charge is 0.213 e. The highest BCUT2D eigenvalue weighted by Gasteiger charge is 2.32. The third-order valence-corrected chi connectivity index (χ3v) is 8.02. The number of thiophene rings is 1. The Morgan fingerprint density at radius 1 is 1.15 bits per heavy atom. The minimum atomic E-state index is -3.55. The highest BCUT2D eigenvalue weighted by molar-refractivity contribution is 7.91. The monoisotopic (exact) mass is 358 g/mol. The highest BCUT2D eigenvalue weighted by atomic mass is 35.5. The van der Waals surface area contributed by atoms with E-state index in [-0.39, 0.29) is 36.3 Å². The lowest BCUT2D eigenvalue weighted by molar-refractivity contribution is 0.274. The van der Waals surface area contributed by atoms with Gasteiger partial charge in [-0.3, -0.25) is 0 Å². The number of rotatable bonds is 4. The molecular weight excluding hydrogens is 344 g/mol. The first-order chi connectivity index (χ1) is 9.25. The van der Waals surface area contributed by atoms with E-state index in [4.69, 9.17) is 11.6 Å². The van der Waals surface area contributed by atoms with E-state index in [0.717, 1.165) is 23.2 Å². The molecule has 0 aromatic carbocycles. The summed E-state index contributed by atoms with van der Waals surface area (Å²) < 4.78 is 50.5. The number of alkyl halides is 1. The summed E-state index contributed by atoms with van der Waals surface area (Å²) in [4.78, 5) is 0. The van der Waals surface area contributed by atoms with Gasteiger partial charge >= 0.3 is 0 Å². The number of sulfonamides is 2. The first kappa shape index (κ1) is 16.2. The second-order valence-corrected chi connectivity index (χ2v) is 9.80. The Bertz CT molecular complexity index is 675. The first-order valence-corrected chi connectivity index (χ1v) is 10.5. The molecule has 114 valence electrons. The molecule has 1 aromatic rings. The second kappa shape index (κ2) is 5.90. The highest BCUT2D eigenvalue weighted by Crippen LogP contribution is 2.25. The molecule has 0 atom stereocenters. The molecule has 0 radical (unpaired) electrons. The lowest BCUT2D eigenvalue weighted by Crippen LogP contribution is -2.50. The van der Waals surface area contributed by atoms with Gasteiger partial charge in [-0.05, 0) is 17.0 Å². The average Bonchev–Trinajstić information content (AvgIpc) is 2.87. The van der Waals surface area contributed by atoms with Crippen LogP contribution in [0.3, 0.4) is 0 Å². The Morgan fingerprint density at radius 2 is 1.70 bits per heavy atom. The summed E-state index contributed by atoms with van der Waals surface area (Å²) in [7, 11) is -6.81. The predicted octanol–water partition coefficient (Wildman–Crippen LogP) is 0.753. The molecule has 0 amide bonds. The van der Waals surface area contributed by atoms with E-state index in [0.29, 0.717) is 0 Å². The van der Waals surface area contributed by atoms with E-state index >= 15 is 0 Å². The van der Waals surface area contributed by atoms with Crippen molar-refractivity contribution in [3.05, 3.63) is 17.0 Å². The molecule has 1 saturated heterocycles. The predicted molar refractivity (Wildman–Crippen MR) is 79.1 cm³/mol. The average molecular weight is 359 g/mol. The number of halogens is 1. The molecule has 0 spiro atoms. The van der Waals surface area contributed by atoms with Crippen LogP contribution in [0.15, 0.2) is 15.7 Å². The van der Waals surface area contributed by atoms with Gasteiger partial charge in [0.15, 0.2) is 0 Å². The second-order valence-electron chi connectivity index (χ2n) is 4.47. The van der Waals surface area contributed by atoms with E-state index in [9.17, 15) is 16.8 Å². The van der Waals surface area contributed by atoms with E-state index < -0.39 is 20.0 Å². The van der Waals surface area contributed by atoms with Crippen molar-refractivity contribution in [3.8, 4) is 0 Å². The molecule has 1 aliphatic heterocycles. The quantitative estimate of drug-likeness (QED) is 0.744. The van der Waals surface area contributed by atoms with Crippen molar-refractivity contribution in [2.24, 2.45) is 0 Å². The van der Waals surface area contributed by atoms with Gasteiger partial charge in [-0.15, -0.1) is 22.9 Å². The maximum atomic E-state index is 12.4. The summed E-state index contributed by atoms with van der Waals surface area (Å²) in [6.45, 7) is 0.713. The molecule has 2 rings (SSSR count). The number of piperazine rings is 1. The van der Waals surface area contributed by atoms with Crippen molar-refractivity contribution in [3.63, 3.8) is 0 Å². The molecule has 2 heterocycles. The summed E-state index contributed by atoms with van der Waals surface area (Å²) in [5, 5.41) is 1.71. The summed E-state index contributed by atoms with van der Waals surface area (Å²) in [5.74, 6) is 0.272. The van der Waals surface area contributed by atoms with Crippen LogP contribution in [0.4, 0.5) is 0 Å². The van der Waals surface area contributed by atoms with Gasteiger partial charge in [-0.25, -0.2) is 16.8 Å². The minimum absolute atomic E-state index is 0.170. The van der Waals surface area contributed by atoms with Gasteiger partial charge in [-0.1, -0.05) is 0 Å². The lowest BCUT2D eigenvalue weighted by atomic mass is 10.4. The largest absolute Gasteiger partial charge is 0.252 e. The minimum Gasteiger partial charge on any atom is -0.213 e. The van der Waals surface area contributed by atoms with Crippen molar-refractivity contribution < 1.29 is 16.8 Å². The molecule has 0 unspecified atom stereocenters. The van der Waals surface area contributed by atoms with Gasteiger partial charge in [0, 0.05) is 32.1 Å². The zero-order valence-electron chi connectivity index (χ0n) is 10.8. The van der Waals surface area contributed by atoms with Gasteiger partial charge in [0.1, 0.15) is 4.21 Å². The fraction of sp³-hybridized carbons (Fsp3) is 0.600. The normalized spacial score (nSPS) is 19.3. The standard InChI is InChI=1S/C10H15ClN2O4S3/c1-19(14,15)12-2-4-13(5-3-12)20(16,17)10-6-9(7-11)8-18-10/h6,8H,2-5,7H2,1H3. The van der Waals surface area contributed by atoms with Crippen molar-refractivity contribution in [2.75, 3.05) is 32.4 Å². The third-order valence-electron chi connectivity index (χ3n) is 3.04. The Hall–Kier alpha value is -0.190. The molecule has 1 aromatic heterocycles. The van der Waals surface area contributed by atoms with Crippen molar-refractivity contribution in [2.45, 2.75) is 10.1 Å². The molecule has 0 saturated carbocycles. The van der Waals surface area contributed by atoms with Gasteiger partial charge in [0.25, 0.3) is 10.0 Å². The van der Waals surface area contributed by atoms with E-state index in [1.54, 1.807) is 11.4 Å². The van der Waals surface area contributed by atoms with E-state index in [2.05, 4.69) is 0 Å². The van der Waals surface area contributed by atoms with Crippen LogP contribution in [0, 0.1) is 0 Å². The number of nitrogens with zero attached hydrogens (tertiary/aromatic N) is 2. The first-order valence-electron chi connectivity index (χ1n) is 5.84. The Kier molecular flexibility index (Phi) is 4.77. The lowest BCUT2D eigenvalue weighted by Gasteiger charge is -2.32. The summed E-state index contributed by atoms with van der Waals surface area (Å²) in [5.41, 5.74) is 0.769. The molecular formula is C10H15ClN2O4S3. The molecule has 6 nitrogen and oxygen atoms in total. The third kappa shape index (κ3) is 3.34.